The smallest absolute Gasteiger partial charge is 0.272 e. The van der Waals surface area contributed by atoms with Gasteiger partial charge in [0.15, 0.2) is 3.83 Å². The van der Waals surface area contributed by atoms with Crippen molar-refractivity contribution in [1.29, 1.82) is 0 Å². The quantitative estimate of drug-likeness (QED) is 0.586. The van der Waals surface area contributed by atoms with E-state index in [1.807, 2.05) is 22.6 Å². The van der Waals surface area contributed by atoms with Crippen LogP contribution in [0.5, 0.6) is 0 Å². The molecule has 1 aromatic rings. The minimum atomic E-state index is -0.130. The van der Waals surface area contributed by atoms with Gasteiger partial charge < -0.3 is 0 Å². The van der Waals surface area contributed by atoms with Gasteiger partial charge in [-0.2, -0.15) is 5.10 Å². The van der Waals surface area contributed by atoms with Crippen LogP contribution in [0.2, 0.25) is 0 Å². The fourth-order valence-corrected chi connectivity index (χ4v) is 0.733. The molecule has 0 spiro atoms. The van der Waals surface area contributed by atoms with Crippen LogP contribution < -0.4 is 5.56 Å². The lowest BCUT2D eigenvalue weighted by Crippen LogP contribution is -2.20. The monoisotopic (exact) mass is 237 g/mol. The normalized spacial score (nSPS) is 9.56. The van der Waals surface area contributed by atoms with Crippen molar-refractivity contribution in [2.24, 2.45) is 7.05 Å². The van der Waals surface area contributed by atoms with Crippen molar-refractivity contribution in [2.45, 2.75) is 0 Å². The second-order valence-electron chi connectivity index (χ2n) is 1.51. The Morgan fingerprint density at radius 2 is 2.44 bits per heavy atom. The molecule has 0 saturated heterocycles. The maximum atomic E-state index is 10.7. The molecular weight excluding hydrogens is 233 g/mol. The Morgan fingerprint density at radius 3 is 2.89 bits per heavy atom. The molecule has 0 aromatic carbocycles. The molecule has 48 valence electrons. The van der Waals surface area contributed by atoms with Gasteiger partial charge in [-0.3, -0.25) is 9.36 Å². The summed E-state index contributed by atoms with van der Waals surface area (Å²) in [6.07, 6.45) is 1.18. The van der Waals surface area contributed by atoms with Gasteiger partial charge in [-0.25, -0.2) is 0 Å². The summed E-state index contributed by atoms with van der Waals surface area (Å²) in [5.74, 6) is 0. The van der Waals surface area contributed by atoms with E-state index in [2.05, 4.69) is 10.2 Å². The third-order valence-corrected chi connectivity index (χ3v) is 1.86. The van der Waals surface area contributed by atoms with Crippen molar-refractivity contribution < 1.29 is 0 Å². The predicted molar refractivity (Wildman–Crippen MR) is 40.0 cm³/mol. The number of aromatic nitrogens is 3. The first-order valence-electron chi connectivity index (χ1n) is 2.26. The predicted octanol–water partition coefficient (Wildman–Crippen LogP) is -0.220. The van der Waals surface area contributed by atoms with E-state index < -0.39 is 0 Å². The molecule has 1 aromatic heterocycles. The average molecular weight is 237 g/mol. The largest absolute Gasteiger partial charge is 0.288 e. The van der Waals surface area contributed by atoms with Crippen LogP contribution in [-0.2, 0) is 7.05 Å². The Balaban J connectivity index is 3.43. The highest BCUT2D eigenvalue weighted by atomic mass is 127. The minimum absolute atomic E-state index is 0.130. The van der Waals surface area contributed by atoms with Gasteiger partial charge in [-0.15, -0.1) is 5.10 Å². The second kappa shape index (κ2) is 2.42. The van der Waals surface area contributed by atoms with Gasteiger partial charge in [0.2, 0.25) is 0 Å². The molecule has 1 rings (SSSR count). The van der Waals surface area contributed by atoms with E-state index in [1.165, 1.54) is 10.8 Å². The molecule has 0 aliphatic heterocycles. The van der Waals surface area contributed by atoms with Crippen LogP contribution in [0.4, 0.5) is 0 Å². The topological polar surface area (TPSA) is 47.8 Å². The van der Waals surface area contributed by atoms with E-state index in [0.717, 1.165) is 0 Å². The molecule has 0 amide bonds. The summed E-state index contributed by atoms with van der Waals surface area (Å²) in [6, 6.07) is 0. The van der Waals surface area contributed by atoms with Crippen LogP contribution in [0, 0.1) is 3.83 Å². The van der Waals surface area contributed by atoms with E-state index in [-0.39, 0.29) is 5.56 Å². The molecular formula is C4H4IN3O. The average Bonchev–Trinajstić information content (AvgIpc) is 1.83. The first-order chi connectivity index (χ1) is 4.22. The summed E-state index contributed by atoms with van der Waals surface area (Å²) < 4.78 is 2.02. The summed E-state index contributed by atoms with van der Waals surface area (Å²) >= 11 is 1.94. The maximum absolute atomic E-state index is 10.7. The number of hydrogen-bond acceptors (Lipinski definition) is 3. The summed E-state index contributed by atoms with van der Waals surface area (Å²) in [7, 11) is 1.65. The van der Waals surface area contributed by atoms with Gasteiger partial charge in [0.25, 0.3) is 5.56 Å². The number of nitrogens with zero attached hydrogens (tertiary/aromatic N) is 3. The van der Waals surface area contributed by atoms with E-state index in [9.17, 15) is 4.79 Å². The molecule has 0 aliphatic carbocycles. The molecule has 0 N–H and O–H groups in total. The van der Waals surface area contributed by atoms with Gasteiger partial charge >= 0.3 is 0 Å². The molecule has 0 aliphatic rings. The SMILES string of the molecule is Cn1c(I)nncc1=O. The van der Waals surface area contributed by atoms with Gasteiger partial charge in [0.1, 0.15) is 6.20 Å². The lowest BCUT2D eigenvalue weighted by atomic mass is 10.8. The Bertz CT molecular complexity index is 269. The molecule has 0 fully saturated rings. The minimum Gasteiger partial charge on any atom is -0.288 e. The second-order valence-corrected chi connectivity index (χ2v) is 2.48. The Labute approximate surface area is 65.1 Å². The number of rotatable bonds is 0. The summed E-state index contributed by atoms with van der Waals surface area (Å²) in [4.78, 5) is 10.7. The third-order valence-electron chi connectivity index (χ3n) is 0.916. The van der Waals surface area contributed by atoms with Gasteiger partial charge in [-0.05, 0) is 0 Å². The highest BCUT2D eigenvalue weighted by Gasteiger charge is 1.93. The summed E-state index contributed by atoms with van der Waals surface area (Å²) in [6.45, 7) is 0. The van der Waals surface area contributed by atoms with Crippen LogP contribution in [0.3, 0.4) is 0 Å². The van der Waals surface area contributed by atoms with E-state index >= 15 is 0 Å². The molecule has 0 atom stereocenters. The van der Waals surface area contributed by atoms with E-state index in [1.54, 1.807) is 7.05 Å². The van der Waals surface area contributed by atoms with Crippen LogP contribution in [0.1, 0.15) is 0 Å². The first-order valence-corrected chi connectivity index (χ1v) is 3.34. The van der Waals surface area contributed by atoms with Crippen molar-refractivity contribution in [3.05, 3.63) is 20.4 Å². The summed E-state index contributed by atoms with van der Waals surface area (Å²) in [5, 5.41) is 7.09. The maximum Gasteiger partial charge on any atom is 0.272 e. The molecule has 0 bridgehead atoms. The Hall–Kier alpha value is -0.460. The molecule has 4 nitrogen and oxygen atoms in total. The zero-order valence-electron chi connectivity index (χ0n) is 4.71. The first kappa shape index (κ1) is 6.66. The number of hydrogen-bond donors (Lipinski definition) is 0. The molecule has 0 radical (unpaired) electrons. The molecule has 1 heterocycles. The van der Waals surface area contributed by atoms with Gasteiger partial charge in [-0.1, -0.05) is 0 Å². The van der Waals surface area contributed by atoms with Crippen molar-refractivity contribution in [3.63, 3.8) is 0 Å². The fourth-order valence-electron chi connectivity index (χ4n) is 0.371. The lowest BCUT2D eigenvalue weighted by Gasteiger charge is -1.94. The van der Waals surface area contributed by atoms with Crippen LogP contribution in [0.25, 0.3) is 0 Å². The van der Waals surface area contributed by atoms with Crippen molar-refractivity contribution >= 4 is 22.6 Å². The summed E-state index contributed by atoms with van der Waals surface area (Å²) in [5.41, 5.74) is -0.130. The number of halogens is 1. The van der Waals surface area contributed by atoms with E-state index in [0.29, 0.717) is 3.83 Å². The lowest BCUT2D eigenvalue weighted by molar-refractivity contribution is 0.739. The van der Waals surface area contributed by atoms with Crippen LogP contribution in [0.15, 0.2) is 11.0 Å². The fraction of sp³-hybridized carbons (Fsp3) is 0.250. The molecule has 0 saturated carbocycles. The molecule has 9 heavy (non-hydrogen) atoms. The Kier molecular flexibility index (Phi) is 1.79. The van der Waals surface area contributed by atoms with Gasteiger partial charge in [0, 0.05) is 29.6 Å². The molecule has 5 heteroatoms. The zero-order chi connectivity index (χ0) is 6.85. The van der Waals surface area contributed by atoms with Gasteiger partial charge in [0.05, 0.1) is 0 Å². The van der Waals surface area contributed by atoms with Crippen molar-refractivity contribution in [3.8, 4) is 0 Å². The standard InChI is InChI=1S/C4H4IN3O/c1-8-3(9)2-6-7-4(8)5/h2H,1H3. The van der Waals surface area contributed by atoms with E-state index in [4.69, 9.17) is 0 Å². The highest BCUT2D eigenvalue weighted by Crippen LogP contribution is 1.89. The van der Waals surface area contributed by atoms with Crippen molar-refractivity contribution in [2.75, 3.05) is 0 Å². The molecule has 0 unspecified atom stereocenters. The zero-order valence-corrected chi connectivity index (χ0v) is 6.86. The van der Waals surface area contributed by atoms with Crippen LogP contribution >= 0.6 is 22.6 Å². The highest BCUT2D eigenvalue weighted by molar-refractivity contribution is 14.1. The Morgan fingerprint density at radius 1 is 1.78 bits per heavy atom. The van der Waals surface area contributed by atoms with Crippen molar-refractivity contribution in [1.82, 2.24) is 14.8 Å². The van der Waals surface area contributed by atoms with Crippen LogP contribution in [-0.4, -0.2) is 14.8 Å². The third kappa shape index (κ3) is 1.26.